The van der Waals surface area contributed by atoms with E-state index in [2.05, 4.69) is 12.2 Å². The number of hydrogen-bond donors (Lipinski definition) is 1. The highest BCUT2D eigenvalue weighted by Gasteiger charge is 2.36. The quantitative estimate of drug-likeness (QED) is 0.850. The molecule has 2 fully saturated rings. The second kappa shape index (κ2) is 7.15. The van der Waals surface area contributed by atoms with Gasteiger partial charge in [0.1, 0.15) is 0 Å². The molecule has 0 radical (unpaired) electrons. The predicted molar refractivity (Wildman–Crippen MR) is 96.1 cm³/mol. The predicted octanol–water partition coefficient (Wildman–Crippen LogP) is 1.15. The smallest absolute Gasteiger partial charge is 0.227 e. The molecule has 2 aliphatic rings. The summed E-state index contributed by atoms with van der Waals surface area (Å²) < 4.78 is 22.9. The molecule has 1 aromatic carbocycles. The van der Waals surface area contributed by atoms with Gasteiger partial charge in [-0.05, 0) is 36.5 Å². The second-order valence-electron chi connectivity index (χ2n) is 6.94. The summed E-state index contributed by atoms with van der Waals surface area (Å²) in [5.74, 6) is -0.248. The zero-order chi connectivity index (χ0) is 18.0. The van der Waals surface area contributed by atoms with E-state index >= 15 is 0 Å². The molecule has 0 saturated carbocycles. The van der Waals surface area contributed by atoms with Gasteiger partial charge in [0.05, 0.1) is 17.4 Å². The van der Waals surface area contributed by atoms with E-state index in [1.807, 2.05) is 24.3 Å². The number of carbonyl (C=O) groups is 2. The molecule has 0 aromatic heterocycles. The molecule has 2 aliphatic heterocycles. The van der Waals surface area contributed by atoms with Gasteiger partial charge in [0.25, 0.3) is 0 Å². The van der Waals surface area contributed by atoms with E-state index in [1.54, 1.807) is 4.90 Å². The molecule has 2 atom stereocenters. The van der Waals surface area contributed by atoms with Crippen LogP contribution >= 0.6 is 0 Å². The molecule has 6 nitrogen and oxygen atoms in total. The van der Waals surface area contributed by atoms with Gasteiger partial charge >= 0.3 is 0 Å². The van der Waals surface area contributed by atoms with Crippen LogP contribution in [-0.2, 0) is 25.8 Å². The van der Waals surface area contributed by atoms with Gasteiger partial charge in [0.15, 0.2) is 9.84 Å². The zero-order valence-corrected chi connectivity index (χ0v) is 15.2. The molecular formula is C18H24N2O4S. The van der Waals surface area contributed by atoms with Crippen LogP contribution in [0, 0.1) is 11.8 Å². The lowest BCUT2D eigenvalue weighted by Crippen LogP contribution is -2.36. The van der Waals surface area contributed by atoms with Crippen LogP contribution < -0.4 is 10.2 Å². The highest BCUT2D eigenvalue weighted by atomic mass is 32.2. The second-order valence-corrected chi connectivity index (χ2v) is 9.17. The minimum absolute atomic E-state index is 0.0104. The minimum atomic E-state index is -2.94. The van der Waals surface area contributed by atoms with Crippen molar-refractivity contribution in [3.8, 4) is 0 Å². The lowest BCUT2D eigenvalue weighted by atomic mass is 10.1. The first-order valence-corrected chi connectivity index (χ1v) is 10.6. The number of hydrogen-bond acceptors (Lipinski definition) is 4. The number of aryl methyl sites for hydroxylation is 1. The van der Waals surface area contributed by atoms with Crippen LogP contribution in [0.4, 0.5) is 5.69 Å². The van der Waals surface area contributed by atoms with E-state index in [4.69, 9.17) is 0 Å². The number of nitrogens with one attached hydrogen (secondary N) is 1. The third kappa shape index (κ3) is 4.21. The summed E-state index contributed by atoms with van der Waals surface area (Å²) in [5.41, 5.74) is 2.02. The molecule has 2 saturated heterocycles. The van der Waals surface area contributed by atoms with Crippen molar-refractivity contribution in [3.05, 3.63) is 29.8 Å². The van der Waals surface area contributed by atoms with Crippen molar-refractivity contribution in [1.82, 2.24) is 5.32 Å². The Balaban J connectivity index is 1.55. The van der Waals surface area contributed by atoms with Gasteiger partial charge in [0, 0.05) is 25.2 Å². The number of rotatable bonds is 5. The summed E-state index contributed by atoms with van der Waals surface area (Å²) >= 11 is 0. The summed E-state index contributed by atoms with van der Waals surface area (Å²) in [6.45, 7) is 2.82. The van der Waals surface area contributed by atoms with E-state index in [-0.39, 0.29) is 41.6 Å². The van der Waals surface area contributed by atoms with E-state index < -0.39 is 9.84 Å². The Bertz CT molecular complexity index is 758. The van der Waals surface area contributed by atoms with Crippen molar-refractivity contribution >= 4 is 27.3 Å². The molecule has 3 rings (SSSR count). The zero-order valence-electron chi connectivity index (χ0n) is 14.4. The maximum atomic E-state index is 12.3. The summed E-state index contributed by atoms with van der Waals surface area (Å²) in [4.78, 5) is 26.3. The average molecular weight is 364 g/mol. The van der Waals surface area contributed by atoms with Gasteiger partial charge in [0.2, 0.25) is 11.8 Å². The maximum absolute atomic E-state index is 12.3. The molecule has 136 valence electrons. The Morgan fingerprint density at radius 1 is 1.28 bits per heavy atom. The maximum Gasteiger partial charge on any atom is 0.227 e. The Labute approximate surface area is 148 Å². The van der Waals surface area contributed by atoms with Crippen LogP contribution in [0.1, 0.15) is 25.3 Å². The third-order valence-corrected chi connectivity index (χ3v) is 6.88. The Morgan fingerprint density at radius 2 is 2.00 bits per heavy atom. The van der Waals surface area contributed by atoms with Gasteiger partial charge in [-0.15, -0.1) is 0 Å². The molecule has 2 heterocycles. The van der Waals surface area contributed by atoms with Crippen LogP contribution in [0.15, 0.2) is 24.3 Å². The number of benzene rings is 1. The number of anilines is 1. The van der Waals surface area contributed by atoms with E-state index in [0.717, 1.165) is 12.1 Å². The van der Waals surface area contributed by atoms with E-state index in [0.29, 0.717) is 19.5 Å². The molecule has 2 unspecified atom stereocenters. The molecule has 2 amide bonds. The SMILES string of the molecule is CCc1ccc(N2CC(C(=O)NCC3CCS(=O)(=O)C3)CC2=O)cc1. The molecular weight excluding hydrogens is 340 g/mol. The van der Waals surface area contributed by atoms with Crippen molar-refractivity contribution in [1.29, 1.82) is 0 Å². The molecule has 1 N–H and O–H groups in total. The molecule has 0 aliphatic carbocycles. The molecule has 0 bridgehead atoms. The molecule has 25 heavy (non-hydrogen) atoms. The van der Waals surface area contributed by atoms with Gasteiger partial charge in [-0.1, -0.05) is 19.1 Å². The first-order chi connectivity index (χ1) is 11.9. The Morgan fingerprint density at radius 3 is 2.60 bits per heavy atom. The normalized spacial score (nSPS) is 25.3. The van der Waals surface area contributed by atoms with Gasteiger partial charge in [-0.3, -0.25) is 9.59 Å². The summed E-state index contributed by atoms with van der Waals surface area (Å²) in [6.07, 6.45) is 1.74. The van der Waals surface area contributed by atoms with Gasteiger partial charge < -0.3 is 10.2 Å². The number of sulfone groups is 1. The lowest BCUT2D eigenvalue weighted by Gasteiger charge is -2.17. The van der Waals surface area contributed by atoms with E-state index in [1.165, 1.54) is 5.56 Å². The Hall–Kier alpha value is -1.89. The van der Waals surface area contributed by atoms with Gasteiger partial charge in [-0.25, -0.2) is 8.42 Å². The van der Waals surface area contributed by atoms with Crippen molar-refractivity contribution in [2.24, 2.45) is 11.8 Å². The number of carbonyl (C=O) groups excluding carboxylic acids is 2. The highest BCUT2D eigenvalue weighted by molar-refractivity contribution is 7.91. The number of nitrogens with zero attached hydrogens (tertiary/aromatic N) is 1. The topological polar surface area (TPSA) is 83.6 Å². The van der Waals surface area contributed by atoms with Gasteiger partial charge in [-0.2, -0.15) is 0 Å². The van der Waals surface area contributed by atoms with Crippen LogP contribution in [0.2, 0.25) is 0 Å². The van der Waals surface area contributed by atoms with Crippen molar-refractivity contribution in [2.75, 3.05) is 29.5 Å². The van der Waals surface area contributed by atoms with E-state index in [9.17, 15) is 18.0 Å². The van der Waals surface area contributed by atoms with Crippen molar-refractivity contribution < 1.29 is 18.0 Å². The standard InChI is InChI=1S/C18H24N2O4S/c1-2-13-3-5-16(6-4-13)20-11-15(9-17(20)21)18(22)19-10-14-7-8-25(23,24)12-14/h3-6,14-15H,2,7-12H2,1H3,(H,19,22). The molecule has 7 heteroatoms. The highest BCUT2D eigenvalue weighted by Crippen LogP contribution is 2.26. The van der Waals surface area contributed by atoms with Crippen LogP contribution in [0.25, 0.3) is 0 Å². The first kappa shape index (κ1) is 17.9. The van der Waals surface area contributed by atoms with Crippen LogP contribution in [-0.4, -0.2) is 44.8 Å². The fourth-order valence-electron chi connectivity index (χ4n) is 3.47. The van der Waals surface area contributed by atoms with Crippen LogP contribution in [0.3, 0.4) is 0 Å². The van der Waals surface area contributed by atoms with Crippen molar-refractivity contribution in [3.63, 3.8) is 0 Å². The third-order valence-electron chi connectivity index (χ3n) is 5.04. The summed E-state index contributed by atoms with van der Waals surface area (Å²) in [6, 6.07) is 7.83. The summed E-state index contributed by atoms with van der Waals surface area (Å²) in [7, 11) is -2.94. The number of amides is 2. The average Bonchev–Trinajstić information content (AvgIpc) is 3.15. The Kier molecular flexibility index (Phi) is 5.13. The fraction of sp³-hybridized carbons (Fsp3) is 0.556. The largest absolute Gasteiger partial charge is 0.355 e. The first-order valence-electron chi connectivity index (χ1n) is 8.75. The van der Waals surface area contributed by atoms with Crippen LogP contribution in [0.5, 0.6) is 0 Å². The minimum Gasteiger partial charge on any atom is -0.355 e. The summed E-state index contributed by atoms with van der Waals surface area (Å²) in [5, 5.41) is 2.83. The molecule has 0 spiro atoms. The van der Waals surface area contributed by atoms with Crippen molar-refractivity contribution in [2.45, 2.75) is 26.2 Å². The monoisotopic (exact) mass is 364 g/mol. The molecule has 1 aromatic rings. The lowest BCUT2D eigenvalue weighted by molar-refractivity contribution is -0.126. The fourth-order valence-corrected chi connectivity index (χ4v) is 5.33.